The van der Waals surface area contributed by atoms with E-state index in [0.717, 1.165) is 11.3 Å². The zero-order valence-electron chi connectivity index (χ0n) is 11.0. The Morgan fingerprint density at radius 3 is 2.90 bits per heavy atom. The Morgan fingerprint density at radius 2 is 2.10 bits per heavy atom. The maximum Gasteiger partial charge on any atom is 0.201 e. The number of nitrogens with two attached hydrogens (primary N) is 1. The second-order valence-corrected chi connectivity index (χ2v) is 4.54. The summed E-state index contributed by atoms with van der Waals surface area (Å²) >= 11 is 0. The number of halogens is 1. The van der Waals surface area contributed by atoms with Crippen LogP contribution in [0.1, 0.15) is 5.56 Å². The van der Waals surface area contributed by atoms with Crippen molar-refractivity contribution in [2.75, 3.05) is 12.8 Å². The molecular formula is C15H14FN3O. The van der Waals surface area contributed by atoms with E-state index in [2.05, 4.69) is 4.98 Å². The van der Waals surface area contributed by atoms with Gasteiger partial charge in [-0.3, -0.25) is 0 Å². The van der Waals surface area contributed by atoms with Crippen LogP contribution in [0, 0.1) is 5.82 Å². The second-order valence-electron chi connectivity index (χ2n) is 4.54. The number of methoxy groups -OCH3 is 1. The Kier molecular flexibility index (Phi) is 3.02. The van der Waals surface area contributed by atoms with Crippen molar-refractivity contribution in [2.24, 2.45) is 0 Å². The van der Waals surface area contributed by atoms with Crippen LogP contribution in [0.15, 0.2) is 42.5 Å². The van der Waals surface area contributed by atoms with Crippen molar-refractivity contribution in [1.29, 1.82) is 0 Å². The summed E-state index contributed by atoms with van der Waals surface area (Å²) in [6.45, 7) is 0.517. The minimum Gasteiger partial charge on any atom is -0.497 e. The van der Waals surface area contributed by atoms with Gasteiger partial charge in [-0.1, -0.05) is 12.1 Å². The van der Waals surface area contributed by atoms with Crippen molar-refractivity contribution in [1.82, 2.24) is 9.55 Å². The van der Waals surface area contributed by atoms with Crippen LogP contribution in [0.25, 0.3) is 11.0 Å². The molecule has 20 heavy (non-hydrogen) atoms. The van der Waals surface area contributed by atoms with Gasteiger partial charge in [-0.2, -0.15) is 0 Å². The number of nitrogens with zero attached hydrogens (tertiary/aromatic N) is 2. The normalized spacial score (nSPS) is 10.9. The summed E-state index contributed by atoms with van der Waals surface area (Å²) in [5.41, 5.74) is 8.31. The molecule has 0 aliphatic carbocycles. The van der Waals surface area contributed by atoms with E-state index in [1.807, 2.05) is 24.3 Å². The van der Waals surface area contributed by atoms with Gasteiger partial charge in [0.25, 0.3) is 0 Å². The smallest absolute Gasteiger partial charge is 0.201 e. The predicted octanol–water partition coefficient (Wildman–Crippen LogP) is 2.81. The second kappa shape index (κ2) is 4.85. The molecule has 3 aromatic rings. The molecule has 3 rings (SSSR count). The first kappa shape index (κ1) is 12.5. The summed E-state index contributed by atoms with van der Waals surface area (Å²) in [5.74, 6) is 0.842. The molecule has 1 heterocycles. The first-order chi connectivity index (χ1) is 9.67. The summed E-state index contributed by atoms with van der Waals surface area (Å²) in [6, 6.07) is 12.1. The van der Waals surface area contributed by atoms with Gasteiger partial charge in [-0.25, -0.2) is 9.37 Å². The molecule has 0 aliphatic heterocycles. The maximum atomic E-state index is 13.4. The average Bonchev–Trinajstić information content (AvgIpc) is 2.75. The third-order valence-electron chi connectivity index (χ3n) is 3.21. The molecule has 0 aliphatic rings. The largest absolute Gasteiger partial charge is 0.497 e. The number of aromatic nitrogens is 2. The van der Waals surface area contributed by atoms with E-state index in [9.17, 15) is 4.39 Å². The Labute approximate surface area is 115 Å². The highest BCUT2D eigenvalue weighted by molar-refractivity contribution is 5.78. The number of nitrogen functional groups attached to an aromatic ring is 1. The molecule has 0 bridgehead atoms. The molecule has 0 saturated heterocycles. The molecule has 1 aromatic heterocycles. The van der Waals surface area contributed by atoms with Crippen LogP contribution < -0.4 is 10.5 Å². The van der Waals surface area contributed by atoms with Crippen molar-refractivity contribution in [3.63, 3.8) is 0 Å². The van der Waals surface area contributed by atoms with Gasteiger partial charge in [0.1, 0.15) is 11.6 Å². The number of hydrogen-bond acceptors (Lipinski definition) is 3. The lowest BCUT2D eigenvalue weighted by molar-refractivity contribution is 0.414. The van der Waals surface area contributed by atoms with E-state index in [1.165, 1.54) is 12.1 Å². The predicted molar refractivity (Wildman–Crippen MR) is 76.2 cm³/mol. The van der Waals surface area contributed by atoms with E-state index in [4.69, 9.17) is 10.5 Å². The van der Waals surface area contributed by atoms with Crippen LogP contribution in [-0.2, 0) is 6.54 Å². The molecule has 4 nitrogen and oxygen atoms in total. The monoisotopic (exact) mass is 271 g/mol. The van der Waals surface area contributed by atoms with E-state index >= 15 is 0 Å². The van der Waals surface area contributed by atoms with Crippen molar-refractivity contribution in [2.45, 2.75) is 6.54 Å². The van der Waals surface area contributed by atoms with Gasteiger partial charge in [-0.15, -0.1) is 0 Å². The lowest BCUT2D eigenvalue weighted by atomic mass is 10.2. The standard InChI is InChI=1S/C15H14FN3O/c1-20-12-4-2-3-10(7-12)9-19-14-8-11(16)5-6-13(14)18-15(19)17/h2-8H,9H2,1H3,(H2,17,18). The highest BCUT2D eigenvalue weighted by Crippen LogP contribution is 2.21. The molecule has 0 amide bonds. The molecule has 0 atom stereocenters. The van der Waals surface area contributed by atoms with Gasteiger partial charge in [0.15, 0.2) is 0 Å². The molecule has 5 heteroatoms. The van der Waals surface area contributed by atoms with Crippen LogP contribution in [0.2, 0.25) is 0 Å². The topological polar surface area (TPSA) is 53.1 Å². The molecule has 102 valence electrons. The van der Waals surface area contributed by atoms with Crippen molar-refractivity contribution >= 4 is 17.0 Å². The number of benzene rings is 2. The van der Waals surface area contributed by atoms with Gasteiger partial charge < -0.3 is 15.0 Å². The van der Waals surface area contributed by atoms with Gasteiger partial charge in [0.2, 0.25) is 5.95 Å². The van der Waals surface area contributed by atoms with Crippen LogP contribution in [0.5, 0.6) is 5.75 Å². The zero-order chi connectivity index (χ0) is 14.1. The SMILES string of the molecule is COc1cccc(Cn2c(N)nc3ccc(F)cc32)c1. The number of imidazole rings is 1. The van der Waals surface area contributed by atoms with Crippen LogP contribution in [-0.4, -0.2) is 16.7 Å². The quantitative estimate of drug-likeness (QED) is 0.797. The summed E-state index contributed by atoms with van der Waals surface area (Å²) in [4.78, 5) is 4.24. The summed E-state index contributed by atoms with van der Waals surface area (Å²) in [7, 11) is 1.62. The van der Waals surface area contributed by atoms with E-state index in [-0.39, 0.29) is 5.82 Å². The fraction of sp³-hybridized carbons (Fsp3) is 0.133. The number of hydrogen-bond donors (Lipinski definition) is 1. The third-order valence-corrected chi connectivity index (χ3v) is 3.21. The van der Waals surface area contributed by atoms with Gasteiger partial charge in [0, 0.05) is 0 Å². The summed E-state index contributed by atoms with van der Waals surface area (Å²) in [5, 5.41) is 0. The van der Waals surface area contributed by atoms with Crippen molar-refractivity contribution in [3.05, 3.63) is 53.8 Å². The zero-order valence-corrected chi connectivity index (χ0v) is 11.0. The third kappa shape index (κ3) is 2.18. The minimum absolute atomic E-state index is 0.302. The molecular weight excluding hydrogens is 257 g/mol. The first-order valence-corrected chi connectivity index (χ1v) is 6.21. The van der Waals surface area contributed by atoms with Crippen LogP contribution in [0.4, 0.5) is 10.3 Å². The Morgan fingerprint density at radius 1 is 1.25 bits per heavy atom. The summed E-state index contributed by atoms with van der Waals surface area (Å²) < 4.78 is 20.4. The van der Waals surface area contributed by atoms with E-state index < -0.39 is 0 Å². The molecule has 2 aromatic carbocycles. The lowest BCUT2D eigenvalue weighted by Crippen LogP contribution is -2.04. The van der Waals surface area contributed by atoms with Gasteiger partial charge >= 0.3 is 0 Å². The number of rotatable bonds is 3. The molecule has 0 fully saturated rings. The molecule has 0 unspecified atom stereocenters. The molecule has 0 saturated carbocycles. The molecule has 0 spiro atoms. The number of anilines is 1. The number of ether oxygens (including phenoxy) is 1. The van der Waals surface area contributed by atoms with Gasteiger partial charge in [-0.05, 0) is 35.9 Å². The van der Waals surface area contributed by atoms with Gasteiger partial charge in [0.05, 0.1) is 24.7 Å². The Bertz CT molecular complexity index is 767. The number of fused-ring (bicyclic) bond motifs is 1. The maximum absolute atomic E-state index is 13.4. The molecule has 0 radical (unpaired) electrons. The minimum atomic E-state index is -0.302. The van der Waals surface area contributed by atoms with Crippen LogP contribution in [0.3, 0.4) is 0 Å². The molecule has 2 N–H and O–H groups in total. The highest BCUT2D eigenvalue weighted by Gasteiger charge is 2.09. The Balaban J connectivity index is 2.05. The highest BCUT2D eigenvalue weighted by atomic mass is 19.1. The van der Waals surface area contributed by atoms with Crippen molar-refractivity contribution in [3.8, 4) is 5.75 Å². The average molecular weight is 271 g/mol. The fourth-order valence-corrected chi connectivity index (χ4v) is 2.23. The van der Waals surface area contributed by atoms with E-state index in [1.54, 1.807) is 17.7 Å². The summed E-state index contributed by atoms with van der Waals surface area (Å²) in [6.07, 6.45) is 0. The fourth-order valence-electron chi connectivity index (χ4n) is 2.23. The van der Waals surface area contributed by atoms with Crippen LogP contribution >= 0.6 is 0 Å². The van der Waals surface area contributed by atoms with E-state index in [0.29, 0.717) is 23.5 Å². The van der Waals surface area contributed by atoms with Crippen molar-refractivity contribution < 1.29 is 9.13 Å². The first-order valence-electron chi connectivity index (χ1n) is 6.21. The lowest BCUT2D eigenvalue weighted by Gasteiger charge is -2.08. The Hall–Kier alpha value is -2.56.